The maximum Gasteiger partial charge on any atom is 0.327 e. The minimum absolute atomic E-state index is 0.137. The van der Waals surface area contributed by atoms with Crippen LogP contribution in [0, 0.1) is 5.92 Å². The van der Waals surface area contributed by atoms with E-state index >= 15 is 0 Å². The Morgan fingerprint density at radius 2 is 1.85 bits per heavy atom. The number of rotatable bonds is 5. The van der Waals surface area contributed by atoms with Gasteiger partial charge in [-0.3, -0.25) is 4.79 Å². The largest absolute Gasteiger partial charge is 0.478 e. The molecule has 1 aliphatic carbocycles. The van der Waals surface area contributed by atoms with Gasteiger partial charge < -0.3 is 20.1 Å². The first-order chi connectivity index (χ1) is 9.42. The van der Waals surface area contributed by atoms with Gasteiger partial charge in [-0.05, 0) is 12.8 Å². The zero-order valence-corrected chi connectivity index (χ0v) is 11.4. The first-order valence-corrected chi connectivity index (χ1v) is 6.40. The summed E-state index contributed by atoms with van der Waals surface area (Å²) in [6.45, 7) is 6.58. The van der Waals surface area contributed by atoms with Crippen LogP contribution in [0.4, 0.5) is 0 Å². The van der Waals surface area contributed by atoms with E-state index in [0.717, 1.165) is 18.9 Å². The fraction of sp³-hybridized carbons (Fsp3) is 0.571. The van der Waals surface area contributed by atoms with Gasteiger partial charge in [-0.15, -0.1) is 6.58 Å². The smallest absolute Gasteiger partial charge is 0.327 e. The van der Waals surface area contributed by atoms with Gasteiger partial charge in [0.2, 0.25) is 0 Å². The number of carboxylic acid groups (broad SMARTS) is 1. The second-order valence-electron chi connectivity index (χ2n) is 4.47. The summed E-state index contributed by atoms with van der Waals surface area (Å²) in [5.41, 5.74) is 0. The van der Waals surface area contributed by atoms with E-state index in [1.807, 2.05) is 0 Å². The Balaban J connectivity index is 0.000000621. The van der Waals surface area contributed by atoms with Crippen LogP contribution in [0.15, 0.2) is 25.3 Å². The van der Waals surface area contributed by atoms with Crippen molar-refractivity contribution in [2.24, 2.45) is 5.92 Å². The summed E-state index contributed by atoms with van der Waals surface area (Å²) in [7, 11) is 0. The molecule has 0 aliphatic heterocycles. The van der Waals surface area contributed by atoms with E-state index in [0.29, 0.717) is 6.42 Å². The summed E-state index contributed by atoms with van der Waals surface area (Å²) in [4.78, 5) is 20.3. The molecule has 3 atom stereocenters. The molecular formula is C14H22O6. The molecule has 0 saturated heterocycles. The van der Waals surface area contributed by atoms with Crippen LogP contribution in [0.1, 0.15) is 25.7 Å². The highest BCUT2D eigenvalue weighted by molar-refractivity contribution is 5.78. The van der Waals surface area contributed by atoms with Crippen LogP contribution in [0.3, 0.4) is 0 Å². The molecule has 0 radical (unpaired) electrons. The monoisotopic (exact) mass is 286 g/mol. The van der Waals surface area contributed by atoms with Gasteiger partial charge in [0.05, 0.1) is 25.2 Å². The molecule has 0 aromatic heterocycles. The lowest BCUT2D eigenvalue weighted by Gasteiger charge is -2.31. The molecule has 114 valence electrons. The summed E-state index contributed by atoms with van der Waals surface area (Å²) in [6, 6.07) is 0. The van der Waals surface area contributed by atoms with Gasteiger partial charge >= 0.3 is 11.9 Å². The van der Waals surface area contributed by atoms with Crippen LogP contribution < -0.4 is 0 Å². The number of aliphatic hydroxyl groups is 2. The minimum Gasteiger partial charge on any atom is -0.478 e. The summed E-state index contributed by atoms with van der Waals surface area (Å²) in [5.74, 6) is -1.45. The molecule has 6 nitrogen and oxygen atoms in total. The molecule has 1 aliphatic rings. The highest BCUT2D eigenvalue weighted by atomic mass is 16.5. The number of carbonyl (C=O) groups is 2. The van der Waals surface area contributed by atoms with Gasteiger partial charge in [0.15, 0.2) is 0 Å². The molecular weight excluding hydrogens is 264 g/mol. The number of hydrogen-bond acceptors (Lipinski definition) is 5. The number of carbonyl (C=O) groups excluding carboxylic acids is 1. The maximum atomic E-state index is 11.0. The van der Waals surface area contributed by atoms with Crippen molar-refractivity contribution >= 4 is 11.9 Å². The van der Waals surface area contributed by atoms with Gasteiger partial charge in [0.1, 0.15) is 0 Å². The van der Waals surface area contributed by atoms with Crippen molar-refractivity contribution < 1.29 is 29.6 Å². The molecule has 3 unspecified atom stereocenters. The average Bonchev–Trinajstić information content (AvgIpc) is 2.41. The van der Waals surface area contributed by atoms with Crippen LogP contribution in [-0.2, 0) is 14.3 Å². The molecule has 1 rings (SSSR count). The third kappa shape index (κ3) is 7.70. The van der Waals surface area contributed by atoms with Crippen molar-refractivity contribution in [2.45, 2.75) is 37.9 Å². The van der Waals surface area contributed by atoms with E-state index in [-0.39, 0.29) is 24.9 Å². The van der Waals surface area contributed by atoms with Gasteiger partial charge in [0.25, 0.3) is 0 Å². The fourth-order valence-electron chi connectivity index (χ4n) is 1.80. The maximum absolute atomic E-state index is 11.0. The number of aliphatic carboxylic acids is 1. The van der Waals surface area contributed by atoms with Crippen LogP contribution in [0.5, 0.6) is 0 Å². The molecule has 20 heavy (non-hydrogen) atoms. The average molecular weight is 286 g/mol. The van der Waals surface area contributed by atoms with Crippen molar-refractivity contribution in [1.82, 2.24) is 0 Å². The van der Waals surface area contributed by atoms with Gasteiger partial charge in [-0.2, -0.15) is 0 Å². The highest BCUT2D eigenvalue weighted by Gasteiger charge is 2.31. The second kappa shape index (κ2) is 10.2. The van der Waals surface area contributed by atoms with Crippen molar-refractivity contribution in [3.05, 3.63) is 25.3 Å². The molecule has 0 aromatic carbocycles. The third-order valence-electron chi connectivity index (χ3n) is 2.90. The molecule has 3 N–H and O–H groups in total. The number of ether oxygens (including phenoxy) is 1. The van der Waals surface area contributed by atoms with E-state index in [1.165, 1.54) is 6.08 Å². The molecule has 0 heterocycles. The van der Waals surface area contributed by atoms with Crippen molar-refractivity contribution in [2.75, 3.05) is 6.61 Å². The van der Waals surface area contributed by atoms with E-state index < -0.39 is 18.2 Å². The standard InChI is InChI=1S/C11H18O4.C3H4O2/c1-2-4-10(13)15-7-8-5-3-6-9(12)11(8)14;1-2-3(4)5/h2,8-9,11-12,14H,1,3-7H2;2H,1H2,(H,4,5). The SMILES string of the molecule is C=CC(=O)O.C=CCC(=O)OCC1CCCC(O)C1O. The number of carboxylic acids is 1. The van der Waals surface area contributed by atoms with Crippen molar-refractivity contribution in [3.8, 4) is 0 Å². The molecule has 1 fully saturated rings. The molecule has 6 heteroatoms. The normalized spacial score (nSPS) is 24.8. The quantitative estimate of drug-likeness (QED) is 0.394. The number of esters is 1. The van der Waals surface area contributed by atoms with E-state index in [9.17, 15) is 19.8 Å². The van der Waals surface area contributed by atoms with Crippen LogP contribution in [0.2, 0.25) is 0 Å². The Labute approximate surface area is 118 Å². The third-order valence-corrected chi connectivity index (χ3v) is 2.90. The minimum atomic E-state index is -0.981. The van der Waals surface area contributed by atoms with E-state index in [1.54, 1.807) is 0 Å². The Bertz CT molecular complexity index is 339. The predicted molar refractivity (Wildman–Crippen MR) is 73.0 cm³/mol. The summed E-state index contributed by atoms with van der Waals surface area (Å²) in [5, 5.41) is 26.6. The van der Waals surface area contributed by atoms with Crippen molar-refractivity contribution in [1.29, 1.82) is 0 Å². The van der Waals surface area contributed by atoms with Gasteiger partial charge in [-0.1, -0.05) is 19.1 Å². The Kier molecular flexibility index (Phi) is 9.32. The summed E-state index contributed by atoms with van der Waals surface area (Å²) in [6.07, 6.45) is 3.33. The zero-order valence-electron chi connectivity index (χ0n) is 11.4. The van der Waals surface area contributed by atoms with Crippen LogP contribution in [-0.4, -0.2) is 46.1 Å². The fourth-order valence-corrected chi connectivity index (χ4v) is 1.80. The van der Waals surface area contributed by atoms with E-state index in [4.69, 9.17) is 9.84 Å². The zero-order chi connectivity index (χ0) is 15.5. The molecule has 0 bridgehead atoms. The summed E-state index contributed by atoms with van der Waals surface area (Å²) >= 11 is 0. The predicted octanol–water partition coefficient (Wildman–Crippen LogP) is 0.885. The van der Waals surface area contributed by atoms with Crippen LogP contribution in [0.25, 0.3) is 0 Å². The molecule has 1 saturated carbocycles. The lowest BCUT2D eigenvalue weighted by Crippen LogP contribution is -2.39. The second-order valence-corrected chi connectivity index (χ2v) is 4.47. The first-order valence-electron chi connectivity index (χ1n) is 6.40. The summed E-state index contributed by atoms with van der Waals surface area (Å²) < 4.78 is 4.96. The highest BCUT2D eigenvalue weighted by Crippen LogP contribution is 2.25. The van der Waals surface area contributed by atoms with E-state index in [2.05, 4.69) is 13.2 Å². The Morgan fingerprint density at radius 1 is 1.25 bits per heavy atom. The number of aliphatic hydroxyl groups excluding tert-OH is 2. The lowest BCUT2D eigenvalue weighted by molar-refractivity contribution is -0.147. The van der Waals surface area contributed by atoms with Crippen molar-refractivity contribution in [3.63, 3.8) is 0 Å². The molecule has 0 amide bonds. The van der Waals surface area contributed by atoms with Gasteiger partial charge in [-0.25, -0.2) is 4.79 Å². The lowest BCUT2D eigenvalue weighted by atomic mass is 9.85. The Hall–Kier alpha value is -1.66. The first kappa shape index (κ1) is 18.3. The van der Waals surface area contributed by atoms with Gasteiger partial charge in [0, 0.05) is 12.0 Å². The molecule has 0 spiro atoms. The number of hydrogen-bond donors (Lipinski definition) is 3. The Morgan fingerprint density at radius 3 is 2.35 bits per heavy atom. The topological polar surface area (TPSA) is 104 Å². The molecule has 0 aromatic rings. The van der Waals surface area contributed by atoms with Crippen LogP contribution >= 0.6 is 0 Å².